The minimum atomic E-state index is -3.34. The smallest absolute Gasteiger partial charge is 0.251 e. The number of rotatable bonds is 7. The van der Waals surface area contributed by atoms with Gasteiger partial charge in [0.1, 0.15) is 5.82 Å². The van der Waals surface area contributed by atoms with Crippen LogP contribution in [-0.4, -0.2) is 38.9 Å². The molecule has 1 aliphatic heterocycles. The molecule has 3 rings (SSSR count). The summed E-state index contributed by atoms with van der Waals surface area (Å²) >= 11 is 1.55. The standard InChI is InChI=1S/C20H23FN2O3S2/c1-14-11-17-12-15(7-8-19(17)23(14)28(2,25)26)20(24)22-9-10-27-13-16-5-3-4-6-18(16)21/h3-8,12,14H,9-11,13H2,1-2H3,(H,22,24)/t14-/m0/s1. The van der Waals surface area contributed by atoms with Gasteiger partial charge in [-0.25, -0.2) is 12.8 Å². The van der Waals surface area contributed by atoms with Crippen LogP contribution in [0.25, 0.3) is 0 Å². The van der Waals surface area contributed by atoms with Crippen molar-refractivity contribution in [2.45, 2.75) is 25.1 Å². The lowest BCUT2D eigenvalue weighted by Crippen LogP contribution is -2.34. The summed E-state index contributed by atoms with van der Waals surface area (Å²) < 4.78 is 38.9. The summed E-state index contributed by atoms with van der Waals surface area (Å²) in [4.78, 5) is 12.4. The summed E-state index contributed by atoms with van der Waals surface area (Å²) in [6.45, 7) is 2.33. The quantitative estimate of drug-likeness (QED) is 0.696. The molecule has 150 valence electrons. The number of halogens is 1. The molecule has 0 saturated carbocycles. The van der Waals surface area contributed by atoms with Crippen LogP contribution < -0.4 is 9.62 Å². The predicted octanol–water partition coefficient (Wildman–Crippen LogP) is 3.20. The Bertz CT molecular complexity index is 979. The van der Waals surface area contributed by atoms with E-state index in [4.69, 9.17) is 0 Å². The summed E-state index contributed by atoms with van der Waals surface area (Å²) in [5, 5.41) is 2.86. The van der Waals surface area contributed by atoms with E-state index in [9.17, 15) is 17.6 Å². The van der Waals surface area contributed by atoms with Crippen molar-refractivity contribution in [3.8, 4) is 0 Å². The van der Waals surface area contributed by atoms with Crippen LogP contribution in [0.15, 0.2) is 42.5 Å². The van der Waals surface area contributed by atoms with Gasteiger partial charge in [0.05, 0.1) is 11.9 Å². The molecule has 2 aromatic rings. The van der Waals surface area contributed by atoms with Gasteiger partial charge in [0.25, 0.3) is 5.91 Å². The zero-order valence-corrected chi connectivity index (χ0v) is 17.4. The number of fused-ring (bicyclic) bond motifs is 1. The first-order valence-electron chi connectivity index (χ1n) is 8.99. The summed E-state index contributed by atoms with van der Waals surface area (Å²) in [5.74, 6) is 0.819. The molecule has 0 aromatic heterocycles. The molecule has 0 radical (unpaired) electrons. The molecule has 28 heavy (non-hydrogen) atoms. The fraction of sp³-hybridized carbons (Fsp3) is 0.350. The molecular formula is C20H23FN2O3S2. The largest absolute Gasteiger partial charge is 0.351 e. The molecule has 1 aliphatic rings. The highest BCUT2D eigenvalue weighted by Crippen LogP contribution is 2.34. The van der Waals surface area contributed by atoms with E-state index in [1.807, 2.05) is 6.92 Å². The van der Waals surface area contributed by atoms with Gasteiger partial charge in [-0.05, 0) is 48.7 Å². The van der Waals surface area contributed by atoms with Crippen molar-refractivity contribution in [1.29, 1.82) is 0 Å². The maximum Gasteiger partial charge on any atom is 0.251 e. The highest BCUT2D eigenvalue weighted by Gasteiger charge is 2.32. The zero-order chi connectivity index (χ0) is 20.3. The number of hydrogen-bond acceptors (Lipinski definition) is 4. The molecule has 8 heteroatoms. The van der Waals surface area contributed by atoms with Crippen LogP contribution in [0.5, 0.6) is 0 Å². The lowest BCUT2D eigenvalue weighted by Gasteiger charge is -2.21. The maximum atomic E-state index is 13.6. The van der Waals surface area contributed by atoms with Crippen molar-refractivity contribution in [3.63, 3.8) is 0 Å². The number of carbonyl (C=O) groups is 1. The normalized spacial score (nSPS) is 16.1. The van der Waals surface area contributed by atoms with Gasteiger partial charge in [0, 0.05) is 29.7 Å². The average molecular weight is 423 g/mol. The predicted molar refractivity (Wildman–Crippen MR) is 112 cm³/mol. The molecule has 0 aliphatic carbocycles. The van der Waals surface area contributed by atoms with Crippen LogP contribution in [0.2, 0.25) is 0 Å². The number of thioether (sulfide) groups is 1. The first-order valence-corrected chi connectivity index (χ1v) is 12.0. The Labute approximate surface area is 169 Å². The Morgan fingerprint density at radius 2 is 2.04 bits per heavy atom. The third-order valence-electron chi connectivity index (χ3n) is 4.60. The van der Waals surface area contributed by atoms with E-state index >= 15 is 0 Å². The van der Waals surface area contributed by atoms with E-state index in [2.05, 4.69) is 5.32 Å². The van der Waals surface area contributed by atoms with Crippen molar-refractivity contribution in [3.05, 3.63) is 65.0 Å². The minimum Gasteiger partial charge on any atom is -0.351 e. The lowest BCUT2D eigenvalue weighted by molar-refractivity contribution is 0.0956. The van der Waals surface area contributed by atoms with Crippen LogP contribution >= 0.6 is 11.8 Å². The van der Waals surface area contributed by atoms with Crippen molar-refractivity contribution in [1.82, 2.24) is 5.32 Å². The van der Waals surface area contributed by atoms with Crippen LogP contribution in [-0.2, 0) is 22.2 Å². The summed E-state index contributed by atoms with van der Waals surface area (Å²) in [7, 11) is -3.34. The molecule has 0 saturated heterocycles. The summed E-state index contributed by atoms with van der Waals surface area (Å²) in [6, 6.07) is 11.6. The second kappa shape index (κ2) is 8.53. The van der Waals surface area contributed by atoms with E-state index in [0.29, 0.717) is 41.3 Å². The van der Waals surface area contributed by atoms with Crippen LogP contribution in [0.3, 0.4) is 0 Å². The number of amides is 1. The van der Waals surface area contributed by atoms with E-state index in [1.165, 1.54) is 16.6 Å². The Balaban J connectivity index is 1.53. The number of anilines is 1. The third kappa shape index (κ3) is 4.67. The molecule has 1 N–H and O–H groups in total. The van der Waals surface area contributed by atoms with Crippen LogP contribution in [0.1, 0.15) is 28.4 Å². The molecular weight excluding hydrogens is 399 g/mol. The number of benzene rings is 2. The topological polar surface area (TPSA) is 66.5 Å². The molecule has 5 nitrogen and oxygen atoms in total. The van der Waals surface area contributed by atoms with Gasteiger partial charge in [-0.3, -0.25) is 9.10 Å². The highest BCUT2D eigenvalue weighted by atomic mass is 32.2. The first-order chi connectivity index (χ1) is 13.3. The fourth-order valence-electron chi connectivity index (χ4n) is 3.39. The second-order valence-electron chi connectivity index (χ2n) is 6.86. The molecule has 0 unspecified atom stereocenters. The first kappa shape index (κ1) is 20.7. The minimum absolute atomic E-state index is 0.155. The second-order valence-corrected chi connectivity index (χ2v) is 9.82. The lowest BCUT2D eigenvalue weighted by atomic mass is 10.1. The monoisotopic (exact) mass is 422 g/mol. The van der Waals surface area contributed by atoms with Crippen LogP contribution in [0.4, 0.5) is 10.1 Å². The molecule has 0 bridgehead atoms. The number of nitrogens with zero attached hydrogens (tertiary/aromatic N) is 1. The van der Waals surface area contributed by atoms with Gasteiger partial charge in [-0.2, -0.15) is 11.8 Å². The van der Waals surface area contributed by atoms with Gasteiger partial charge in [-0.15, -0.1) is 0 Å². The molecule has 1 heterocycles. The molecule has 0 spiro atoms. The molecule has 2 aromatic carbocycles. The van der Waals surface area contributed by atoms with E-state index in [-0.39, 0.29) is 17.8 Å². The van der Waals surface area contributed by atoms with E-state index in [0.717, 1.165) is 5.56 Å². The highest BCUT2D eigenvalue weighted by molar-refractivity contribution is 7.98. The fourth-order valence-corrected chi connectivity index (χ4v) is 5.49. The van der Waals surface area contributed by atoms with Gasteiger partial charge < -0.3 is 5.32 Å². The Morgan fingerprint density at radius 1 is 1.29 bits per heavy atom. The van der Waals surface area contributed by atoms with E-state index < -0.39 is 10.0 Å². The number of sulfonamides is 1. The van der Waals surface area contributed by atoms with E-state index in [1.54, 1.807) is 48.2 Å². The van der Waals surface area contributed by atoms with Gasteiger partial charge in [0.15, 0.2) is 0 Å². The number of hydrogen-bond donors (Lipinski definition) is 1. The third-order valence-corrected chi connectivity index (χ3v) is 6.88. The van der Waals surface area contributed by atoms with Crippen molar-refractivity contribution in [2.24, 2.45) is 0 Å². The van der Waals surface area contributed by atoms with Crippen molar-refractivity contribution in [2.75, 3.05) is 22.9 Å². The Hall–Kier alpha value is -2.06. The molecule has 0 fully saturated rings. The maximum absolute atomic E-state index is 13.6. The number of nitrogens with one attached hydrogen (secondary N) is 1. The SMILES string of the molecule is C[C@H]1Cc2cc(C(=O)NCCSCc3ccccc3F)ccc2N1S(C)(=O)=O. The van der Waals surface area contributed by atoms with Gasteiger partial charge in [0.2, 0.25) is 10.0 Å². The Kier molecular flexibility index (Phi) is 6.30. The Morgan fingerprint density at radius 3 is 2.75 bits per heavy atom. The van der Waals surface area contributed by atoms with Gasteiger partial charge in [-0.1, -0.05) is 18.2 Å². The molecule has 1 amide bonds. The summed E-state index contributed by atoms with van der Waals surface area (Å²) in [6.07, 6.45) is 1.78. The molecule has 1 atom stereocenters. The van der Waals surface area contributed by atoms with Crippen molar-refractivity contribution >= 4 is 33.4 Å². The van der Waals surface area contributed by atoms with Crippen LogP contribution in [0, 0.1) is 5.82 Å². The van der Waals surface area contributed by atoms with Crippen molar-refractivity contribution < 1.29 is 17.6 Å². The number of carbonyl (C=O) groups excluding carboxylic acids is 1. The summed E-state index contributed by atoms with van der Waals surface area (Å²) in [5.41, 5.74) is 2.67. The van der Waals surface area contributed by atoms with Gasteiger partial charge >= 0.3 is 0 Å². The zero-order valence-electron chi connectivity index (χ0n) is 15.8. The average Bonchev–Trinajstić information content (AvgIpc) is 2.97.